The lowest BCUT2D eigenvalue weighted by Crippen LogP contribution is -2.12. The second-order valence-electron chi connectivity index (χ2n) is 4.16. The average Bonchev–Trinajstić information content (AvgIpc) is 2.42. The Morgan fingerprint density at radius 2 is 2.00 bits per heavy atom. The minimum atomic E-state index is -1.12. The molecule has 1 heterocycles. The summed E-state index contributed by atoms with van der Waals surface area (Å²) in [5, 5.41) is 11.9. The molecule has 1 amide bonds. The van der Waals surface area contributed by atoms with Gasteiger partial charge in [-0.25, -0.2) is 9.78 Å². The van der Waals surface area contributed by atoms with Gasteiger partial charge in [-0.3, -0.25) is 4.79 Å². The Hall–Kier alpha value is -2.40. The van der Waals surface area contributed by atoms with E-state index in [1.165, 1.54) is 18.3 Å². The maximum Gasteiger partial charge on any atom is 0.354 e. The predicted molar refractivity (Wildman–Crippen MR) is 75.3 cm³/mol. The van der Waals surface area contributed by atoms with Crippen LogP contribution in [0.15, 0.2) is 36.5 Å². The number of amides is 1. The minimum Gasteiger partial charge on any atom is -0.477 e. The average molecular weight is 291 g/mol. The van der Waals surface area contributed by atoms with Crippen molar-refractivity contribution in [3.63, 3.8) is 0 Å². The number of nitrogens with zero attached hydrogens (tertiary/aromatic N) is 1. The molecule has 0 unspecified atom stereocenters. The fraction of sp³-hybridized carbons (Fsp3) is 0.0714. The quantitative estimate of drug-likeness (QED) is 0.911. The number of carbonyl (C=O) groups excluding carboxylic acids is 1. The second-order valence-corrected chi connectivity index (χ2v) is 4.56. The number of halogens is 1. The maximum atomic E-state index is 12.0. The van der Waals surface area contributed by atoms with Crippen molar-refractivity contribution in [3.05, 3.63) is 58.4 Å². The summed E-state index contributed by atoms with van der Waals surface area (Å²) in [7, 11) is 0. The van der Waals surface area contributed by atoms with Gasteiger partial charge < -0.3 is 10.4 Å². The van der Waals surface area contributed by atoms with Crippen LogP contribution in [0.2, 0.25) is 5.02 Å². The Kier molecular flexibility index (Phi) is 4.00. The zero-order chi connectivity index (χ0) is 14.7. The summed E-state index contributed by atoms with van der Waals surface area (Å²) in [6, 6.07) is 7.79. The first kappa shape index (κ1) is 14.0. The fourth-order valence-electron chi connectivity index (χ4n) is 1.53. The molecule has 2 rings (SSSR count). The Labute approximate surface area is 120 Å². The first-order chi connectivity index (χ1) is 9.47. The van der Waals surface area contributed by atoms with Crippen molar-refractivity contribution < 1.29 is 14.7 Å². The van der Waals surface area contributed by atoms with Crippen LogP contribution in [0.3, 0.4) is 0 Å². The number of benzene rings is 1. The van der Waals surface area contributed by atoms with Gasteiger partial charge in [0.15, 0.2) is 0 Å². The number of carboxylic acid groups (broad SMARTS) is 1. The highest BCUT2D eigenvalue weighted by atomic mass is 35.5. The number of nitrogens with one attached hydrogen (secondary N) is 1. The summed E-state index contributed by atoms with van der Waals surface area (Å²) in [5.74, 6) is -1.45. The number of rotatable bonds is 3. The van der Waals surface area contributed by atoms with Crippen LogP contribution in [0, 0.1) is 6.92 Å². The Bertz CT molecular complexity index is 669. The molecule has 0 saturated heterocycles. The number of anilines is 1. The number of aromatic nitrogens is 1. The van der Waals surface area contributed by atoms with E-state index in [0.29, 0.717) is 16.3 Å². The van der Waals surface area contributed by atoms with E-state index >= 15 is 0 Å². The minimum absolute atomic E-state index is 0.0821. The number of hydrogen-bond acceptors (Lipinski definition) is 3. The molecule has 102 valence electrons. The number of carbonyl (C=O) groups is 2. The van der Waals surface area contributed by atoms with Gasteiger partial charge in [0.25, 0.3) is 5.91 Å². The van der Waals surface area contributed by atoms with Crippen LogP contribution in [0.5, 0.6) is 0 Å². The third-order valence-corrected chi connectivity index (χ3v) is 3.08. The highest BCUT2D eigenvalue weighted by molar-refractivity contribution is 6.31. The molecule has 6 heteroatoms. The monoisotopic (exact) mass is 290 g/mol. The molecule has 0 aliphatic heterocycles. The maximum absolute atomic E-state index is 12.0. The molecule has 0 fully saturated rings. The van der Waals surface area contributed by atoms with Crippen LogP contribution in [0.1, 0.15) is 26.4 Å². The van der Waals surface area contributed by atoms with Crippen LogP contribution in [0.4, 0.5) is 5.69 Å². The Balaban J connectivity index is 2.14. The van der Waals surface area contributed by atoms with Gasteiger partial charge in [0.2, 0.25) is 0 Å². The van der Waals surface area contributed by atoms with Crippen molar-refractivity contribution in [1.29, 1.82) is 0 Å². The van der Waals surface area contributed by atoms with Gasteiger partial charge in [-0.2, -0.15) is 0 Å². The van der Waals surface area contributed by atoms with Gasteiger partial charge in [-0.1, -0.05) is 17.7 Å². The number of pyridine rings is 1. The molecule has 0 spiro atoms. The zero-order valence-electron chi connectivity index (χ0n) is 10.6. The highest BCUT2D eigenvalue weighted by Crippen LogP contribution is 2.17. The fourth-order valence-corrected chi connectivity index (χ4v) is 1.71. The molecule has 0 atom stereocenters. The van der Waals surface area contributed by atoms with E-state index in [2.05, 4.69) is 10.3 Å². The largest absolute Gasteiger partial charge is 0.477 e. The molecule has 0 bridgehead atoms. The van der Waals surface area contributed by atoms with E-state index in [1.807, 2.05) is 6.92 Å². The van der Waals surface area contributed by atoms with Crippen molar-refractivity contribution >= 4 is 29.2 Å². The number of carboxylic acids is 1. The summed E-state index contributed by atoms with van der Waals surface area (Å²) < 4.78 is 0. The van der Waals surface area contributed by atoms with Crippen LogP contribution in [0.25, 0.3) is 0 Å². The van der Waals surface area contributed by atoms with Gasteiger partial charge in [-0.15, -0.1) is 0 Å². The molecule has 0 saturated carbocycles. The van der Waals surface area contributed by atoms with E-state index in [-0.39, 0.29) is 11.6 Å². The lowest BCUT2D eigenvalue weighted by molar-refractivity contribution is 0.0690. The molecule has 0 aliphatic carbocycles. The number of aromatic carboxylic acids is 1. The molecule has 1 aromatic heterocycles. The predicted octanol–water partition coefficient (Wildman–Crippen LogP) is 2.99. The van der Waals surface area contributed by atoms with Crippen molar-refractivity contribution in [2.45, 2.75) is 6.92 Å². The molecular formula is C14H11ClN2O3. The van der Waals surface area contributed by atoms with E-state index in [0.717, 1.165) is 5.56 Å². The topological polar surface area (TPSA) is 79.3 Å². The molecule has 2 aromatic rings. The van der Waals surface area contributed by atoms with Crippen LogP contribution in [-0.2, 0) is 0 Å². The Morgan fingerprint density at radius 3 is 2.55 bits per heavy atom. The first-order valence-corrected chi connectivity index (χ1v) is 6.12. The van der Waals surface area contributed by atoms with Gasteiger partial charge in [0.1, 0.15) is 5.69 Å². The SMILES string of the molecule is Cc1ccc(C(=O)Nc2ccc(C(=O)O)nc2)cc1Cl. The van der Waals surface area contributed by atoms with E-state index in [4.69, 9.17) is 16.7 Å². The third kappa shape index (κ3) is 3.13. The van der Waals surface area contributed by atoms with Crippen LogP contribution >= 0.6 is 11.6 Å². The lowest BCUT2D eigenvalue weighted by atomic mass is 10.1. The second kappa shape index (κ2) is 5.71. The van der Waals surface area contributed by atoms with E-state index in [1.54, 1.807) is 18.2 Å². The summed E-state index contributed by atoms with van der Waals surface area (Å²) in [6.07, 6.45) is 1.29. The molecule has 1 aromatic carbocycles. The number of hydrogen-bond donors (Lipinski definition) is 2. The highest BCUT2D eigenvalue weighted by Gasteiger charge is 2.09. The van der Waals surface area contributed by atoms with Crippen molar-refractivity contribution in [3.8, 4) is 0 Å². The normalized spacial score (nSPS) is 10.1. The zero-order valence-corrected chi connectivity index (χ0v) is 11.3. The lowest BCUT2D eigenvalue weighted by Gasteiger charge is -2.06. The van der Waals surface area contributed by atoms with Crippen LogP contribution < -0.4 is 5.32 Å². The summed E-state index contributed by atoms with van der Waals surface area (Å²) in [5.41, 5.74) is 1.64. The first-order valence-electron chi connectivity index (χ1n) is 5.74. The number of aryl methyl sites for hydroxylation is 1. The van der Waals surface area contributed by atoms with E-state index in [9.17, 15) is 9.59 Å². The van der Waals surface area contributed by atoms with Crippen molar-refractivity contribution in [2.75, 3.05) is 5.32 Å². The van der Waals surface area contributed by atoms with Gasteiger partial charge in [0.05, 0.1) is 11.9 Å². The van der Waals surface area contributed by atoms with Gasteiger partial charge in [-0.05, 0) is 36.8 Å². The summed E-state index contributed by atoms with van der Waals surface area (Å²) in [4.78, 5) is 26.4. The van der Waals surface area contributed by atoms with E-state index < -0.39 is 5.97 Å². The molecule has 0 aliphatic rings. The molecule has 20 heavy (non-hydrogen) atoms. The summed E-state index contributed by atoms with van der Waals surface area (Å²) >= 11 is 5.96. The third-order valence-electron chi connectivity index (χ3n) is 2.67. The Morgan fingerprint density at radius 1 is 1.25 bits per heavy atom. The van der Waals surface area contributed by atoms with Crippen LogP contribution in [-0.4, -0.2) is 22.0 Å². The van der Waals surface area contributed by atoms with Crippen molar-refractivity contribution in [2.24, 2.45) is 0 Å². The standard InChI is InChI=1S/C14H11ClN2O3/c1-8-2-3-9(6-11(8)15)13(18)17-10-4-5-12(14(19)20)16-7-10/h2-7H,1H3,(H,17,18)(H,19,20). The molecule has 5 nitrogen and oxygen atoms in total. The van der Waals surface area contributed by atoms with Gasteiger partial charge >= 0.3 is 5.97 Å². The molecule has 2 N–H and O–H groups in total. The molecule has 0 radical (unpaired) electrons. The van der Waals surface area contributed by atoms with Crippen molar-refractivity contribution in [1.82, 2.24) is 4.98 Å². The molecular weight excluding hydrogens is 280 g/mol. The smallest absolute Gasteiger partial charge is 0.354 e. The summed E-state index contributed by atoms with van der Waals surface area (Å²) in [6.45, 7) is 1.85. The van der Waals surface area contributed by atoms with Gasteiger partial charge in [0, 0.05) is 10.6 Å².